The zero-order valence-electron chi connectivity index (χ0n) is 9.03. The molecule has 2 aromatic heterocycles. The van der Waals surface area contributed by atoms with E-state index in [2.05, 4.69) is 10.3 Å². The molecule has 6 heteroatoms. The molecular weight excluding hydrogens is 258 g/mol. The van der Waals surface area contributed by atoms with E-state index in [9.17, 15) is 4.79 Å². The summed E-state index contributed by atoms with van der Waals surface area (Å²) in [6.07, 6.45) is 1.48. The van der Waals surface area contributed by atoms with Crippen LogP contribution in [0.15, 0.2) is 23.7 Å². The number of pyridine rings is 1. The molecule has 4 nitrogen and oxygen atoms in total. The molecule has 0 unspecified atom stereocenters. The Morgan fingerprint density at radius 2 is 2.29 bits per heavy atom. The van der Waals surface area contributed by atoms with Crippen LogP contribution in [0.4, 0.5) is 11.5 Å². The maximum absolute atomic E-state index is 11.9. The number of anilines is 2. The molecule has 0 atom stereocenters. The van der Waals surface area contributed by atoms with Crippen LogP contribution in [-0.4, -0.2) is 10.9 Å². The van der Waals surface area contributed by atoms with Crippen LogP contribution >= 0.6 is 22.9 Å². The highest BCUT2D eigenvalue weighted by molar-refractivity contribution is 7.13. The van der Waals surface area contributed by atoms with Gasteiger partial charge in [-0.15, -0.1) is 11.3 Å². The first-order valence-corrected chi connectivity index (χ1v) is 6.10. The fourth-order valence-electron chi connectivity index (χ4n) is 1.24. The number of nitrogen functional groups attached to an aromatic ring is 1. The molecule has 2 aromatic rings. The molecule has 0 aromatic carbocycles. The summed E-state index contributed by atoms with van der Waals surface area (Å²) in [6.45, 7) is 1.86. The fourth-order valence-corrected chi connectivity index (χ4v) is 2.41. The first-order chi connectivity index (χ1) is 8.08. The Hall–Kier alpha value is -1.59. The van der Waals surface area contributed by atoms with Crippen LogP contribution < -0.4 is 11.1 Å². The molecule has 2 rings (SSSR count). The number of thiophene rings is 1. The van der Waals surface area contributed by atoms with Crippen LogP contribution in [0.25, 0.3) is 0 Å². The minimum absolute atomic E-state index is 0.259. The molecule has 1 amide bonds. The van der Waals surface area contributed by atoms with Crippen molar-refractivity contribution in [1.29, 1.82) is 0 Å². The molecule has 3 N–H and O–H groups in total. The van der Waals surface area contributed by atoms with E-state index >= 15 is 0 Å². The van der Waals surface area contributed by atoms with Crippen molar-refractivity contribution >= 4 is 40.4 Å². The van der Waals surface area contributed by atoms with Gasteiger partial charge < -0.3 is 11.1 Å². The third kappa shape index (κ3) is 2.57. The molecule has 0 fully saturated rings. The molecule has 0 aliphatic carbocycles. The van der Waals surface area contributed by atoms with E-state index < -0.39 is 0 Å². The lowest BCUT2D eigenvalue weighted by Gasteiger charge is -2.03. The number of nitrogens with zero attached hydrogens (tertiary/aromatic N) is 1. The number of aryl methyl sites for hydroxylation is 1. The van der Waals surface area contributed by atoms with Gasteiger partial charge in [-0.05, 0) is 30.0 Å². The van der Waals surface area contributed by atoms with Gasteiger partial charge in [0.1, 0.15) is 10.7 Å². The molecule has 0 saturated heterocycles. The standard InChI is InChI=1S/C11H10ClN3OS/c1-6-5-17-10(9(6)12)11(16)15-8-3-2-7(13)4-14-8/h2-5H,13H2,1H3,(H,14,15,16). The molecule has 0 aliphatic heterocycles. The smallest absolute Gasteiger partial charge is 0.268 e. The van der Waals surface area contributed by atoms with Gasteiger partial charge in [-0.25, -0.2) is 4.98 Å². The van der Waals surface area contributed by atoms with Gasteiger partial charge in [0.15, 0.2) is 0 Å². The van der Waals surface area contributed by atoms with E-state index in [1.165, 1.54) is 17.5 Å². The number of nitrogens with one attached hydrogen (secondary N) is 1. The van der Waals surface area contributed by atoms with Gasteiger partial charge >= 0.3 is 0 Å². The van der Waals surface area contributed by atoms with Crippen molar-refractivity contribution in [3.63, 3.8) is 0 Å². The summed E-state index contributed by atoms with van der Waals surface area (Å²) in [5.41, 5.74) is 6.95. The van der Waals surface area contributed by atoms with Crippen molar-refractivity contribution in [1.82, 2.24) is 4.98 Å². The third-order valence-corrected chi connectivity index (χ3v) is 3.83. The summed E-state index contributed by atoms with van der Waals surface area (Å²) in [4.78, 5) is 16.4. The summed E-state index contributed by atoms with van der Waals surface area (Å²) in [6, 6.07) is 3.31. The van der Waals surface area contributed by atoms with Crippen LogP contribution in [0.2, 0.25) is 5.02 Å². The van der Waals surface area contributed by atoms with Gasteiger partial charge in [0.25, 0.3) is 5.91 Å². The number of amides is 1. The van der Waals surface area contributed by atoms with Gasteiger partial charge in [0.2, 0.25) is 0 Å². The minimum atomic E-state index is -0.259. The largest absolute Gasteiger partial charge is 0.397 e. The number of hydrogen-bond acceptors (Lipinski definition) is 4. The SMILES string of the molecule is Cc1csc(C(=O)Nc2ccc(N)cn2)c1Cl. The molecular formula is C11H10ClN3OS. The maximum atomic E-state index is 11.9. The van der Waals surface area contributed by atoms with Crippen molar-refractivity contribution in [2.24, 2.45) is 0 Å². The lowest BCUT2D eigenvalue weighted by atomic mass is 10.3. The zero-order valence-corrected chi connectivity index (χ0v) is 10.6. The summed E-state index contributed by atoms with van der Waals surface area (Å²) in [5.74, 6) is 0.191. The summed E-state index contributed by atoms with van der Waals surface area (Å²) in [7, 11) is 0. The van der Waals surface area contributed by atoms with Crippen LogP contribution in [0.3, 0.4) is 0 Å². The number of rotatable bonds is 2. The first-order valence-electron chi connectivity index (χ1n) is 4.84. The number of hydrogen-bond donors (Lipinski definition) is 2. The van der Waals surface area contributed by atoms with E-state index in [4.69, 9.17) is 17.3 Å². The lowest BCUT2D eigenvalue weighted by Crippen LogP contribution is -2.11. The van der Waals surface area contributed by atoms with Crippen molar-refractivity contribution < 1.29 is 4.79 Å². The second-order valence-electron chi connectivity index (χ2n) is 3.49. The van der Waals surface area contributed by atoms with E-state index in [-0.39, 0.29) is 5.91 Å². The highest BCUT2D eigenvalue weighted by Crippen LogP contribution is 2.27. The molecule has 0 aliphatic rings. The van der Waals surface area contributed by atoms with E-state index in [0.29, 0.717) is 21.4 Å². The fraction of sp³-hybridized carbons (Fsp3) is 0.0909. The third-order valence-electron chi connectivity index (χ3n) is 2.13. The Labute approximate surface area is 107 Å². The summed E-state index contributed by atoms with van der Waals surface area (Å²) in [5, 5.41) is 4.99. The molecule has 17 heavy (non-hydrogen) atoms. The van der Waals surface area contributed by atoms with Crippen LogP contribution in [0, 0.1) is 6.92 Å². The number of carbonyl (C=O) groups is 1. The van der Waals surface area contributed by atoms with Gasteiger partial charge in [-0.2, -0.15) is 0 Å². The van der Waals surface area contributed by atoms with Gasteiger partial charge in [-0.3, -0.25) is 4.79 Å². The van der Waals surface area contributed by atoms with Gasteiger partial charge in [-0.1, -0.05) is 11.6 Å². The van der Waals surface area contributed by atoms with Crippen LogP contribution in [0.1, 0.15) is 15.2 Å². The second-order valence-corrected chi connectivity index (χ2v) is 4.75. The first kappa shape index (κ1) is 11.9. The zero-order chi connectivity index (χ0) is 12.4. The van der Waals surface area contributed by atoms with Crippen molar-refractivity contribution in [2.75, 3.05) is 11.1 Å². The van der Waals surface area contributed by atoms with Crippen LogP contribution in [-0.2, 0) is 0 Å². The average Bonchev–Trinajstić information content (AvgIpc) is 2.63. The van der Waals surface area contributed by atoms with Crippen molar-refractivity contribution in [3.05, 3.63) is 39.2 Å². The summed E-state index contributed by atoms with van der Waals surface area (Å²) >= 11 is 7.31. The maximum Gasteiger partial charge on any atom is 0.268 e. The van der Waals surface area contributed by atoms with Crippen molar-refractivity contribution in [3.8, 4) is 0 Å². The second kappa shape index (κ2) is 4.73. The van der Waals surface area contributed by atoms with E-state index in [0.717, 1.165) is 5.56 Å². The molecule has 0 spiro atoms. The predicted molar refractivity (Wildman–Crippen MR) is 70.7 cm³/mol. The quantitative estimate of drug-likeness (QED) is 0.879. The molecule has 2 heterocycles. The topological polar surface area (TPSA) is 68.0 Å². The monoisotopic (exact) mass is 267 g/mol. The van der Waals surface area contributed by atoms with Gasteiger partial charge in [0.05, 0.1) is 16.9 Å². The van der Waals surface area contributed by atoms with E-state index in [1.807, 2.05) is 12.3 Å². The number of halogens is 1. The van der Waals surface area contributed by atoms with E-state index in [1.54, 1.807) is 12.1 Å². The highest BCUT2D eigenvalue weighted by atomic mass is 35.5. The van der Waals surface area contributed by atoms with Crippen LogP contribution in [0.5, 0.6) is 0 Å². The molecule has 0 radical (unpaired) electrons. The predicted octanol–water partition coefficient (Wildman–Crippen LogP) is 2.94. The Morgan fingerprint density at radius 3 is 2.82 bits per heavy atom. The Bertz CT molecular complexity index is 550. The Kier molecular flexibility index (Phi) is 3.31. The molecule has 0 saturated carbocycles. The number of nitrogens with two attached hydrogens (primary N) is 1. The van der Waals surface area contributed by atoms with Gasteiger partial charge in [0, 0.05) is 0 Å². The molecule has 88 valence electrons. The average molecular weight is 268 g/mol. The Balaban J connectivity index is 2.17. The van der Waals surface area contributed by atoms with Crippen molar-refractivity contribution in [2.45, 2.75) is 6.92 Å². The summed E-state index contributed by atoms with van der Waals surface area (Å²) < 4.78 is 0. The number of carbonyl (C=O) groups excluding carboxylic acids is 1. The normalized spacial score (nSPS) is 10.2. The highest BCUT2D eigenvalue weighted by Gasteiger charge is 2.14. The lowest BCUT2D eigenvalue weighted by molar-refractivity contribution is 0.103. The molecule has 0 bridgehead atoms. The number of aromatic nitrogens is 1. The minimum Gasteiger partial charge on any atom is -0.397 e. The Morgan fingerprint density at radius 1 is 1.53 bits per heavy atom.